The van der Waals surface area contributed by atoms with Gasteiger partial charge in [-0.3, -0.25) is 9.59 Å². The third-order valence-electron chi connectivity index (χ3n) is 8.04. The zero-order valence-electron chi connectivity index (χ0n) is 15.1. The first kappa shape index (κ1) is 17.2. The van der Waals surface area contributed by atoms with E-state index in [1.54, 1.807) is 0 Å². The highest BCUT2D eigenvalue weighted by molar-refractivity contribution is 5.99. The van der Waals surface area contributed by atoms with Crippen molar-refractivity contribution in [2.24, 2.45) is 28.6 Å². The van der Waals surface area contributed by atoms with Crippen molar-refractivity contribution in [1.29, 1.82) is 0 Å². The van der Waals surface area contributed by atoms with Crippen LogP contribution in [-0.4, -0.2) is 28.1 Å². The fraction of sp³-hybridized carbons (Fsp3) is 0.714. The minimum Gasteiger partial charge on any atom is -0.362 e. The number of carbonyl (C=O) groups excluding carboxylic acids is 2. The molecule has 2 N–H and O–H groups in total. The maximum atomic E-state index is 12.3. The second-order valence-corrected chi connectivity index (χ2v) is 9.02. The van der Waals surface area contributed by atoms with Gasteiger partial charge in [0.05, 0.1) is 0 Å². The van der Waals surface area contributed by atoms with Crippen molar-refractivity contribution in [3.63, 3.8) is 0 Å². The quantitative estimate of drug-likeness (QED) is 0.755. The van der Waals surface area contributed by atoms with E-state index in [-0.39, 0.29) is 16.6 Å². The second-order valence-electron chi connectivity index (χ2n) is 9.02. The number of aliphatic hydroxyl groups is 2. The molecule has 136 valence electrons. The molecule has 0 aromatic heterocycles. The van der Waals surface area contributed by atoms with E-state index in [4.69, 9.17) is 0 Å². The number of ketones is 2. The number of Topliss-reactive ketones (excluding diaryl/α,β-unsaturated/α-hetero) is 1. The van der Waals surface area contributed by atoms with Crippen molar-refractivity contribution in [3.05, 3.63) is 23.3 Å². The molecule has 25 heavy (non-hydrogen) atoms. The molecule has 0 aliphatic heterocycles. The molecule has 2 saturated carbocycles. The van der Waals surface area contributed by atoms with Crippen LogP contribution in [0.25, 0.3) is 0 Å². The van der Waals surface area contributed by atoms with Crippen LogP contribution in [0.4, 0.5) is 0 Å². The Bertz CT molecular complexity index is 688. The fourth-order valence-corrected chi connectivity index (χ4v) is 6.65. The third-order valence-corrected chi connectivity index (χ3v) is 8.04. The number of carbonyl (C=O) groups is 2. The minimum absolute atomic E-state index is 0.126. The molecule has 0 bridgehead atoms. The summed E-state index contributed by atoms with van der Waals surface area (Å²) in [4.78, 5) is 24.1. The predicted molar refractivity (Wildman–Crippen MR) is 93.4 cm³/mol. The van der Waals surface area contributed by atoms with Crippen LogP contribution in [0, 0.1) is 28.6 Å². The summed E-state index contributed by atoms with van der Waals surface area (Å²) in [6.07, 6.45) is 8.48. The van der Waals surface area contributed by atoms with E-state index in [1.807, 2.05) is 12.2 Å². The Hall–Kier alpha value is -1.26. The van der Waals surface area contributed by atoms with E-state index >= 15 is 0 Å². The van der Waals surface area contributed by atoms with E-state index < -0.39 is 12.1 Å². The van der Waals surface area contributed by atoms with Crippen LogP contribution in [0.2, 0.25) is 0 Å². The summed E-state index contributed by atoms with van der Waals surface area (Å²) >= 11 is 0. The normalized spacial score (nSPS) is 43.1. The molecule has 0 spiro atoms. The third kappa shape index (κ3) is 2.33. The second kappa shape index (κ2) is 5.62. The van der Waals surface area contributed by atoms with E-state index in [1.165, 1.54) is 5.57 Å². The highest BCUT2D eigenvalue weighted by Crippen LogP contribution is 2.65. The number of aliphatic hydroxyl groups excluding tert-OH is 1. The van der Waals surface area contributed by atoms with Crippen LogP contribution in [0.1, 0.15) is 58.8 Å². The minimum atomic E-state index is -1.90. The van der Waals surface area contributed by atoms with Gasteiger partial charge < -0.3 is 10.2 Å². The SMILES string of the molecule is C[C@]12CCC(=O)C=C1CC[C@@H]1[C@@H]2CC[C@]2(C)C(C(=O)C(O)O)=CC[C@@H]12. The van der Waals surface area contributed by atoms with Gasteiger partial charge in [-0.1, -0.05) is 25.5 Å². The maximum Gasteiger partial charge on any atom is 0.217 e. The smallest absolute Gasteiger partial charge is 0.217 e. The zero-order valence-corrected chi connectivity index (χ0v) is 15.1. The van der Waals surface area contributed by atoms with Gasteiger partial charge in [-0.15, -0.1) is 0 Å². The molecule has 0 unspecified atom stereocenters. The van der Waals surface area contributed by atoms with Crippen molar-refractivity contribution in [2.45, 2.75) is 65.1 Å². The molecule has 5 atom stereocenters. The van der Waals surface area contributed by atoms with Crippen LogP contribution in [-0.2, 0) is 9.59 Å². The molecule has 4 aliphatic rings. The number of hydrogen-bond donors (Lipinski definition) is 2. The fourth-order valence-electron chi connectivity index (χ4n) is 6.65. The maximum absolute atomic E-state index is 12.3. The highest BCUT2D eigenvalue weighted by Gasteiger charge is 2.58. The van der Waals surface area contributed by atoms with Gasteiger partial charge in [0.15, 0.2) is 5.78 Å². The molecule has 2 fully saturated rings. The number of fused-ring (bicyclic) bond motifs is 5. The Morgan fingerprint density at radius 3 is 2.60 bits per heavy atom. The molecule has 0 aromatic rings. The first-order chi connectivity index (χ1) is 11.8. The number of allylic oxidation sites excluding steroid dienone is 3. The van der Waals surface area contributed by atoms with Crippen molar-refractivity contribution in [2.75, 3.05) is 0 Å². The topological polar surface area (TPSA) is 74.6 Å². The van der Waals surface area contributed by atoms with E-state index in [9.17, 15) is 19.8 Å². The van der Waals surface area contributed by atoms with Gasteiger partial charge in [0, 0.05) is 12.0 Å². The summed E-state index contributed by atoms with van der Waals surface area (Å²) in [6, 6.07) is 0. The Morgan fingerprint density at radius 2 is 1.88 bits per heavy atom. The van der Waals surface area contributed by atoms with Crippen LogP contribution >= 0.6 is 0 Å². The molecule has 0 heterocycles. The molecule has 0 radical (unpaired) electrons. The average Bonchev–Trinajstić information content (AvgIpc) is 2.92. The Kier molecular flexibility index (Phi) is 3.86. The lowest BCUT2D eigenvalue weighted by molar-refractivity contribution is -0.143. The lowest BCUT2D eigenvalue weighted by Crippen LogP contribution is -2.50. The van der Waals surface area contributed by atoms with Gasteiger partial charge in [0.1, 0.15) is 0 Å². The predicted octanol–water partition coefficient (Wildman–Crippen LogP) is 2.93. The van der Waals surface area contributed by atoms with Crippen LogP contribution in [0.15, 0.2) is 23.3 Å². The molecule has 4 rings (SSSR count). The molecule has 4 nitrogen and oxygen atoms in total. The first-order valence-corrected chi connectivity index (χ1v) is 9.62. The molecule has 0 saturated heterocycles. The van der Waals surface area contributed by atoms with Gasteiger partial charge in [-0.2, -0.15) is 0 Å². The largest absolute Gasteiger partial charge is 0.362 e. The Labute approximate surface area is 149 Å². The lowest BCUT2D eigenvalue weighted by atomic mass is 9.47. The van der Waals surface area contributed by atoms with E-state index in [0.29, 0.717) is 29.7 Å². The van der Waals surface area contributed by atoms with Gasteiger partial charge >= 0.3 is 0 Å². The van der Waals surface area contributed by atoms with Crippen LogP contribution in [0.3, 0.4) is 0 Å². The highest BCUT2D eigenvalue weighted by atomic mass is 16.5. The zero-order chi connectivity index (χ0) is 18.0. The average molecular weight is 344 g/mol. The van der Waals surface area contributed by atoms with Gasteiger partial charge in [0.2, 0.25) is 12.1 Å². The molecule has 4 heteroatoms. The Balaban J connectivity index is 1.64. The van der Waals surface area contributed by atoms with E-state index in [0.717, 1.165) is 38.5 Å². The molecule has 4 aliphatic carbocycles. The van der Waals surface area contributed by atoms with Gasteiger partial charge in [0.25, 0.3) is 0 Å². The number of hydrogen-bond acceptors (Lipinski definition) is 4. The first-order valence-electron chi connectivity index (χ1n) is 9.62. The van der Waals surface area contributed by atoms with Crippen LogP contribution < -0.4 is 0 Å². The van der Waals surface area contributed by atoms with Gasteiger partial charge in [-0.05, 0) is 73.2 Å². The monoisotopic (exact) mass is 344 g/mol. The van der Waals surface area contributed by atoms with Crippen molar-refractivity contribution < 1.29 is 19.8 Å². The summed E-state index contributed by atoms with van der Waals surface area (Å²) in [7, 11) is 0. The van der Waals surface area contributed by atoms with E-state index in [2.05, 4.69) is 13.8 Å². The lowest BCUT2D eigenvalue weighted by Gasteiger charge is -2.57. The van der Waals surface area contributed by atoms with Gasteiger partial charge in [-0.25, -0.2) is 0 Å². The van der Waals surface area contributed by atoms with Crippen molar-refractivity contribution >= 4 is 11.6 Å². The molecule has 0 aromatic carbocycles. The summed E-state index contributed by atoms with van der Waals surface area (Å²) < 4.78 is 0. The number of rotatable bonds is 2. The molecular formula is C21H28O4. The van der Waals surface area contributed by atoms with Crippen molar-refractivity contribution in [1.82, 2.24) is 0 Å². The Morgan fingerprint density at radius 1 is 1.12 bits per heavy atom. The summed E-state index contributed by atoms with van der Waals surface area (Å²) in [5, 5.41) is 18.7. The standard InChI is InChI=1S/C21H28O4/c1-20-9-7-13(22)11-12(20)3-4-14-15-5-6-17(18(23)19(24)25)21(15,2)10-8-16(14)20/h6,11,14-16,19,24-25H,3-5,7-10H2,1-2H3/t14-,15-,16-,20-,21-/m0/s1. The summed E-state index contributed by atoms with van der Waals surface area (Å²) in [5.74, 6) is 1.28. The van der Waals surface area contributed by atoms with Crippen LogP contribution in [0.5, 0.6) is 0 Å². The van der Waals surface area contributed by atoms with Crippen molar-refractivity contribution in [3.8, 4) is 0 Å². The summed E-state index contributed by atoms with van der Waals surface area (Å²) in [6.45, 7) is 4.49. The molecular weight excluding hydrogens is 316 g/mol. The molecule has 0 amide bonds. The summed E-state index contributed by atoms with van der Waals surface area (Å²) in [5.41, 5.74) is 1.88.